The smallest absolute Gasteiger partial charge is 0.127 e. The van der Waals surface area contributed by atoms with Gasteiger partial charge in [-0.3, -0.25) is 4.99 Å². The van der Waals surface area contributed by atoms with E-state index < -0.39 is 0 Å². The van der Waals surface area contributed by atoms with Crippen molar-refractivity contribution < 1.29 is 19.1 Å². The molecular weight excluding hydrogens is 524 g/mol. The van der Waals surface area contributed by atoms with Gasteiger partial charge in [-0.25, -0.2) is 0 Å². The average Bonchev–Trinajstić information content (AvgIpc) is 3.01. The number of para-hydroxylation sites is 1. The molecular formula is C36H50N2O4. The monoisotopic (exact) mass is 574 g/mol. The van der Waals surface area contributed by atoms with Crippen molar-refractivity contribution in [2.45, 2.75) is 47.0 Å². The number of Topliss-reactive ketones (excluding diaryl/α,β-unsaturated/α-hetero) is 1. The molecule has 0 radical (unpaired) electrons. The van der Waals surface area contributed by atoms with Crippen LogP contribution in [-0.2, 0) is 14.3 Å². The molecule has 0 saturated carbocycles. The molecule has 0 atom stereocenters. The van der Waals surface area contributed by atoms with Crippen LogP contribution in [0.15, 0.2) is 133 Å². The number of carbonyl (C=O) groups excluding carboxylic acids is 2. The number of rotatable bonds is 13. The maximum Gasteiger partial charge on any atom is 0.127 e. The standard InChI is InChI=1S/C26H32N2O2.C6H10.C3H6O.CH2O/c1-6-23(14-15-25(8-3)30-26-12-10-9-11-13-26)22(5)27-24(7-2)20-21(4)28-16-18-29-19-17-28;1-3-5-6-4-2;1-3(2)4;1-2/h6,8-15,20H,1,3,5,7,16-19H2,2,4H3;3-4H,1-2,5-6H2;1-2H3;1H2/b21-20+,23-14+,25-15+,27-24?;;;. The highest BCUT2D eigenvalue weighted by Gasteiger charge is 2.11. The van der Waals surface area contributed by atoms with Gasteiger partial charge in [-0.1, -0.05) is 63.1 Å². The summed E-state index contributed by atoms with van der Waals surface area (Å²) in [6.07, 6.45) is 16.0. The zero-order valence-corrected chi connectivity index (χ0v) is 26.1. The Morgan fingerprint density at radius 1 is 0.952 bits per heavy atom. The van der Waals surface area contributed by atoms with E-state index in [0.717, 1.165) is 62.6 Å². The first-order valence-corrected chi connectivity index (χ1v) is 13.9. The maximum atomic E-state index is 9.44. The van der Waals surface area contributed by atoms with E-state index in [1.54, 1.807) is 12.2 Å². The predicted octanol–water partition coefficient (Wildman–Crippen LogP) is 8.40. The highest BCUT2D eigenvalue weighted by molar-refractivity contribution is 5.96. The number of benzene rings is 1. The maximum absolute atomic E-state index is 9.44. The van der Waals surface area contributed by atoms with Crippen LogP contribution in [0.4, 0.5) is 0 Å². The number of allylic oxidation sites excluding steroid dienone is 8. The molecule has 0 bridgehead atoms. The number of carbonyl (C=O) groups is 2. The average molecular weight is 575 g/mol. The number of aliphatic imine (C=N–C) groups is 1. The Bertz CT molecular complexity index is 1080. The van der Waals surface area contributed by atoms with Crippen LogP contribution in [0, 0.1) is 0 Å². The summed E-state index contributed by atoms with van der Waals surface area (Å²) in [6, 6.07) is 9.60. The zero-order valence-electron chi connectivity index (χ0n) is 26.1. The van der Waals surface area contributed by atoms with Gasteiger partial charge in [-0.05, 0) is 82.0 Å². The third-order valence-electron chi connectivity index (χ3n) is 5.26. The van der Waals surface area contributed by atoms with Gasteiger partial charge in [-0.2, -0.15) is 0 Å². The Balaban J connectivity index is 0. The third kappa shape index (κ3) is 20.6. The summed E-state index contributed by atoms with van der Waals surface area (Å²) >= 11 is 0. The van der Waals surface area contributed by atoms with E-state index in [4.69, 9.17) is 19.3 Å². The van der Waals surface area contributed by atoms with Crippen molar-refractivity contribution in [3.8, 4) is 5.75 Å². The molecule has 0 unspecified atom stereocenters. The second kappa shape index (κ2) is 26.9. The Labute approximate surface area is 254 Å². The van der Waals surface area contributed by atoms with Gasteiger partial charge in [-0.15, -0.1) is 13.2 Å². The third-order valence-corrected chi connectivity index (χ3v) is 5.26. The molecule has 1 heterocycles. The Hall–Kier alpha value is -4.29. The normalized spacial score (nSPS) is 13.4. The number of hydrogen-bond donors (Lipinski definition) is 0. The molecule has 0 amide bonds. The van der Waals surface area contributed by atoms with Gasteiger partial charge < -0.3 is 24.0 Å². The summed E-state index contributed by atoms with van der Waals surface area (Å²) < 4.78 is 11.3. The SMILES string of the molecule is C=C/C(=C\C=C(/C=C)C(=C)N=C(/C=C(\C)N1CCOCC1)CC)Oc1ccccc1.C=CCCC=C.C=O.CC(C)=O. The Morgan fingerprint density at radius 3 is 1.95 bits per heavy atom. The fraction of sp³-hybridized carbons (Fsp3) is 0.306. The van der Waals surface area contributed by atoms with E-state index >= 15 is 0 Å². The molecule has 0 aromatic heterocycles. The van der Waals surface area contributed by atoms with Crippen molar-refractivity contribution >= 4 is 18.3 Å². The number of nitrogens with zero attached hydrogens (tertiary/aromatic N) is 2. The van der Waals surface area contributed by atoms with E-state index in [2.05, 4.69) is 57.7 Å². The first kappa shape index (κ1) is 39.9. The summed E-state index contributed by atoms with van der Waals surface area (Å²) in [4.78, 5) is 24.5. The van der Waals surface area contributed by atoms with Crippen molar-refractivity contribution in [2.24, 2.45) is 4.99 Å². The summed E-state index contributed by atoms with van der Waals surface area (Å²) in [5.41, 5.74) is 3.66. The number of ether oxygens (including phenoxy) is 2. The lowest BCUT2D eigenvalue weighted by Crippen LogP contribution is -2.35. The van der Waals surface area contributed by atoms with Gasteiger partial charge in [0.05, 0.1) is 18.9 Å². The van der Waals surface area contributed by atoms with Crippen LogP contribution >= 0.6 is 0 Å². The fourth-order valence-electron chi connectivity index (χ4n) is 3.16. The second-order valence-electron chi connectivity index (χ2n) is 8.87. The lowest BCUT2D eigenvalue weighted by molar-refractivity contribution is -0.115. The van der Waals surface area contributed by atoms with Gasteiger partial charge in [0.1, 0.15) is 24.1 Å². The van der Waals surface area contributed by atoms with Crippen LogP contribution in [0.3, 0.4) is 0 Å². The molecule has 0 aliphatic carbocycles. The van der Waals surface area contributed by atoms with Gasteiger partial charge in [0.15, 0.2) is 0 Å². The van der Waals surface area contributed by atoms with Crippen molar-refractivity contribution in [3.05, 3.63) is 128 Å². The van der Waals surface area contributed by atoms with Gasteiger partial charge in [0.25, 0.3) is 0 Å². The number of hydrogen-bond acceptors (Lipinski definition) is 6. The van der Waals surface area contributed by atoms with E-state index in [-0.39, 0.29) is 5.78 Å². The summed E-state index contributed by atoms with van der Waals surface area (Å²) in [6.45, 7) is 31.6. The van der Waals surface area contributed by atoms with E-state index in [1.807, 2.05) is 61.4 Å². The molecule has 1 aliphatic rings. The fourth-order valence-corrected chi connectivity index (χ4v) is 3.16. The highest BCUT2D eigenvalue weighted by atomic mass is 16.5. The molecule has 1 aliphatic heterocycles. The lowest BCUT2D eigenvalue weighted by Gasteiger charge is -2.29. The second-order valence-corrected chi connectivity index (χ2v) is 8.87. The molecule has 228 valence electrons. The van der Waals surface area contributed by atoms with E-state index in [9.17, 15) is 4.79 Å². The van der Waals surface area contributed by atoms with Crippen LogP contribution in [-0.4, -0.2) is 49.5 Å². The van der Waals surface area contributed by atoms with Crippen LogP contribution in [0.5, 0.6) is 5.75 Å². The van der Waals surface area contributed by atoms with Crippen LogP contribution in [0.25, 0.3) is 0 Å². The number of ketones is 1. The Kier molecular flexibility index (Phi) is 25.5. The Morgan fingerprint density at radius 2 is 1.50 bits per heavy atom. The summed E-state index contributed by atoms with van der Waals surface area (Å²) in [5.74, 6) is 1.56. The molecule has 0 spiro atoms. The predicted molar refractivity (Wildman–Crippen MR) is 180 cm³/mol. The lowest BCUT2D eigenvalue weighted by atomic mass is 10.1. The molecule has 1 aromatic rings. The van der Waals surface area contributed by atoms with Crippen molar-refractivity contribution in [3.63, 3.8) is 0 Å². The molecule has 1 aromatic carbocycles. The summed E-state index contributed by atoms with van der Waals surface area (Å²) in [5, 5.41) is 0. The van der Waals surface area contributed by atoms with Gasteiger partial charge in [0, 0.05) is 24.5 Å². The van der Waals surface area contributed by atoms with Crippen molar-refractivity contribution in [1.29, 1.82) is 0 Å². The van der Waals surface area contributed by atoms with Crippen LogP contribution in [0.1, 0.15) is 47.0 Å². The van der Waals surface area contributed by atoms with Crippen molar-refractivity contribution in [2.75, 3.05) is 26.3 Å². The van der Waals surface area contributed by atoms with E-state index in [0.29, 0.717) is 11.5 Å². The molecule has 1 saturated heterocycles. The van der Waals surface area contributed by atoms with E-state index in [1.165, 1.54) is 19.5 Å². The molecule has 6 heteroatoms. The molecule has 2 rings (SSSR count). The number of unbranched alkanes of at least 4 members (excludes halogenated alkanes) is 1. The first-order chi connectivity index (χ1) is 20.2. The van der Waals surface area contributed by atoms with Gasteiger partial charge >= 0.3 is 0 Å². The largest absolute Gasteiger partial charge is 0.457 e. The molecule has 0 N–H and O–H groups in total. The minimum Gasteiger partial charge on any atom is -0.457 e. The molecule has 6 nitrogen and oxygen atoms in total. The van der Waals surface area contributed by atoms with Crippen LogP contribution in [0.2, 0.25) is 0 Å². The number of morpholine rings is 1. The molecule has 1 fully saturated rings. The van der Waals surface area contributed by atoms with Crippen LogP contribution < -0.4 is 4.74 Å². The highest BCUT2D eigenvalue weighted by Crippen LogP contribution is 2.17. The quantitative estimate of drug-likeness (QED) is 0.0778. The zero-order chi connectivity index (χ0) is 32.2. The van der Waals surface area contributed by atoms with Crippen molar-refractivity contribution in [1.82, 2.24) is 4.90 Å². The minimum atomic E-state index is 0.167. The topological polar surface area (TPSA) is 68.2 Å². The first-order valence-electron chi connectivity index (χ1n) is 13.9. The minimum absolute atomic E-state index is 0.167. The summed E-state index contributed by atoms with van der Waals surface area (Å²) in [7, 11) is 0. The molecule has 42 heavy (non-hydrogen) atoms. The van der Waals surface area contributed by atoms with Gasteiger partial charge in [0.2, 0.25) is 0 Å².